The second kappa shape index (κ2) is 18.2. The molecule has 5 fully saturated rings. The average Bonchev–Trinajstić information content (AvgIpc) is 3.97. The van der Waals surface area contributed by atoms with Gasteiger partial charge in [-0.05, 0) is 101 Å². The molecule has 0 radical (unpaired) electrons. The molecule has 352 valence electrons. The fourth-order valence-electron chi connectivity index (χ4n) is 9.88. The van der Waals surface area contributed by atoms with Gasteiger partial charge in [-0.15, -0.1) is 6.58 Å². The Kier molecular flexibility index (Phi) is 13.0. The molecule has 3 N–H and O–H groups in total. The summed E-state index contributed by atoms with van der Waals surface area (Å²) >= 11 is 0. The number of allylic oxidation sites excluding steroid dienone is 2. The number of para-hydroxylation sites is 1. The number of likely N-dealkylation sites (tertiary alicyclic amines) is 1. The van der Waals surface area contributed by atoms with Gasteiger partial charge in [-0.2, -0.15) is 0 Å². The van der Waals surface area contributed by atoms with Crippen molar-refractivity contribution in [2.45, 2.75) is 146 Å². The van der Waals surface area contributed by atoms with E-state index in [4.69, 9.17) is 19.2 Å². The Bertz CT molecular complexity index is 2360. The van der Waals surface area contributed by atoms with Crippen LogP contribution in [0.4, 0.5) is 4.79 Å². The van der Waals surface area contributed by atoms with E-state index in [1.807, 2.05) is 49.9 Å². The van der Waals surface area contributed by atoms with E-state index in [-0.39, 0.29) is 43.2 Å². The zero-order valence-corrected chi connectivity index (χ0v) is 38.9. The minimum atomic E-state index is -4.03. The second-order valence-corrected chi connectivity index (χ2v) is 22.3. The van der Waals surface area contributed by atoms with Gasteiger partial charge in [0.1, 0.15) is 35.6 Å². The average molecular weight is 917 g/mol. The fraction of sp³-hybridized carbons (Fsp3) is 0.625. The summed E-state index contributed by atoms with van der Waals surface area (Å²) in [4.78, 5) is 77.8. The number of carbonyl (C=O) groups excluding carboxylic acids is 5. The van der Waals surface area contributed by atoms with Crippen molar-refractivity contribution in [3.8, 4) is 11.6 Å². The van der Waals surface area contributed by atoms with Crippen LogP contribution >= 0.6 is 0 Å². The summed E-state index contributed by atoms with van der Waals surface area (Å²) in [5.74, 6) is -1.46. The van der Waals surface area contributed by atoms with Crippen molar-refractivity contribution in [3.63, 3.8) is 0 Å². The number of hydrogen-bond donors (Lipinski definition) is 3. The normalized spacial score (nSPS) is 29.6. The van der Waals surface area contributed by atoms with Crippen LogP contribution in [0.2, 0.25) is 0 Å². The van der Waals surface area contributed by atoms with Crippen LogP contribution in [0.15, 0.2) is 49.1 Å². The van der Waals surface area contributed by atoms with Crippen LogP contribution in [0.25, 0.3) is 10.9 Å². The Labute approximate surface area is 381 Å². The molecule has 3 aliphatic carbocycles. The van der Waals surface area contributed by atoms with Gasteiger partial charge >= 0.3 is 6.09 Å². The first-order valence-corrected chi connectivity index (χ1v) is 24.8. The van der Waals surface area contributed by atoms with Crippen LogP contribution in [-0.2, 0) is 40.4 Å². The van der Waals surface area contributed by atoms with Crippen molar-refractivity contribution < 1.29 is 46.6 Å². The number of ether oxygens (including phenoxy) is 3. The second-order valence-electron chi connectivity index (χ2n) is 20.1. The van der Waals surface area contributed by atoms with Gasteiger partial charge in [-0.3, -0.25) is 23.9 Å². The number of carbonyl (C=O) groups is 5. The van der Waals surface area contributed by atoms with Crippen LogP contribution in [-0.4, -0.2) is 114 Å². The molecule has 4 heterocycles. The van der Waals surface area contributed by atoms with Crippen molar-refractivity contribution in [2.24, 2.45) is 17.3 Å². The molecule has 8 rings (SSSR count). The summed E-state index contributed by atoms with van der Waals surface area (Å²) in [6, 6.07) is 5.29. The molecule has 2 aromatic rings. The van der Waals surface area contributed by atoms with Crippen LogP contribution < -0.4 is 24.8 Å². The van der Waals surface area contributed by atoms with E-state index < -0.39 is 73.6 Å². The quantitative estimate of drug-likeness (QED) is 0.197. The summed E-state index contributed by atoms with van der Waals surface area (Å²) < 4.78 is 47.0. The number of nitrogens with one attached hydrogen (secondary N) is 3. The van der Waals surface area contributed by atoms with Gasteiger partial charge < -0.3 is 34.6 Å². The van der Waals surface area contributed by atoms with Gasteiger partial charge in [0.25, 0.3) is 5.91 Å². The van der Waals surface area contributed by atoms with Crippen LogP contribution in [0.1, 0.15) is 110 Å². The maximum atomic E-state index is 15.0. The van der Waals surface area contributed by atoms with E-state index in [0.717, 1.165) is 44.0 Å². The first-order valence-electron chi connectivity index (χ1n) is 23.4. The molecule has 3 saturated carbocycles. The summed E-state index contributed by atoms with van der Waals surface area (Å²) in [5, 5.41) is 6.51. The maximum absolute atomic E-state index is 15.0. The number of hydrogen-bond acceptors (Lipinski definition) is 11. The van der Waals surface area contributed by atoms with Gasteiger partial charge in [0, 0.05) is 37.2 Å². The Morgan fingerprint density at radius 3 is 2.57 bits per heavy atom. The number of rotatable bonds is 11. The molecule has 17 heteroatoms. The van der Waals surface area contributed by atoms with Crippen molar-refractivity contribution in [2.75, 3.05) is 26.2 Å². The third-order valence-corrected chi connectivity index (χ3v) is 16.5. The highest BCUT2D eigenvalue weighted by atomic mass is 32.2. The number of amides is 5. The molecule has 5 amide bonds. The smallest absolute Gasteiger partial charge is 0.408 e. The first kappa shape index (κ1) is 46.3. The molecular weight excluding hydrogens is 853 g/mol. The highest BCUT2D eigenvalue weighted by molar-refractivity contribution is 7.91. The van der Waals surface area contributed by atoms with Crippen LogP contribution in [0.3, 0.4) is 0 Å². The lowest BCUT2D eigenvalue weighted by atomic mass is 9.85. The molecule has 1 aromatic carbocycles. The largest absolute Gasteiger partial charge is 0.492 e. The number of aromatic nitrogens is 1. The Morgan fingerprint density at radius 2 is 1.86 bits per heavy atom. The van der Waals surface area contributed by atoms with Gasteiger partial charge in [0.2, 0.25) is 33.6 Å². The summed E-state index contributed by atoms with van der Waals surface area (Å²) in [6.45, 7) is 12.5. The molecule has 3 aliphatic heterocycles. The van der Waals surface area contributed by atoms with E-state index >= 15 is 0 Å². The van der Waals surface area contributed by atoms with Crippen LogP contribution in [0, 0.1) is 17.3 Å². The highest BCUT2D eigenvalue weighted by Crippen LogP contribution is 2.47. The highest BCUT2D eigenvalue weighted by Gasteiger charge is 2.63. The summed E-state index contributed by atoms with van der Waals surface area (Å²) in [7, 11) is -4.03. The fourth-order valence-corrected chi connectivity index (χ4v) is 11.2. The Morgan fingerprint density at radius 1 is 1.08 bits per heavy atom. The molecular formula is C48H64N6O10S. The van der Waals surface area contributed by atoms with Crippen LogP contribution in [0.5, 0.6) is 11.6 Å². The summed E-state index contributed by atoms with van der Waals surface area (Å²) in [5.41, 5.74) is -1.12. The lowest BCUT2D eigenvalue weighted by Gasteiger charge is -2.35. The molecule has 6 aliphatic rings. The van der Waals surface area contributed by atoms with E-state index in [1.165, 1.54) is 11.0 Å². The predicted molar refractivity (Wildman–Crippen MR) is 242 cm³/mol. The summed E-state index contributed by atoms with van der Waals surface area (Å²) in [6.07, 6.45) is 11.3. The predicted octanol–water partition coefficient (Wildman–Crippen LogP) is 5.24. The van der Waals surface area contributed by atoms with Gasteiger partial charge in [-0.1, -0.05) is 51.1 Å². The van der Waals surface area contributed by atoms with Crippen molar-refractivity contribution in [3.05, 3.63) is 54.6 Å². The molecule has 65 heavy (non-hydrogen) atoms. The Balaban J connectivity index is 1.14. The molecule has 2 saturated heterocycles. The van der Waals surface area contributed by atoms with Gasteiger partial charge in [-0.25, -0.2) is 18.2 Å². The lowest BCUT2D eigenvalue weighted by Crippen LogP contribution is -2.60. The molecule has 2 bridgehead atoms. The minimum Gasteiger partial charge on any atom is -0.492 e. The van der Waals surface area contributed by atoms with Gasteiger partial charge in [0.15, 0.2) is 0 Å². The van der Waals surface area contributed by atoms with E-state index in [9.17, 15) is 32.4 Å². The first-order chi connectivity index (χ1) is 30.9. The molecule has 7 atom stereocenters. The van der Waals surface area contributed by atoms with E-state index in [0.29, 0.717) is 68.5 Å². The van der Waals surface area contributed by atoms with Crippen molar-refractivity contribution >= 4 is 50.6 Å². The number of pyridine rings is 1. The molecule has 0 spiro atoms. The van der Waals surface area contributed by atoms with E-state index in [2.05, 4.69) is 34.1 Å². The number of nitrogens with zero attached hydrogens (tertiary/aromatic N) is 3. The van der Waals surface area contributed by atoms with E-state index in [1.54, 1.807) is 6.92 Å². The standard InChI is InChI=1S/C48H64N6O10S/c1-6-31-28-48(31,44(58)52-65(60,61)47(5)22-23-47)51-41(56)36-27-32-29-54(36)43(57)40(46(2,3)4)50-45(59)64-37-20-12-16-30(37)15-8-7-9-18-34-39(62-26-14-25-53-24-13-21-38(53)55)33-17-10-11-19-35(33)49-42(34)63-32/h6-7,9-11,17,19,30-32,36-37,40H,1,8,12-16,18,20-29H2,2-5H3,(H,50,59)(H,51,56)(H,52,58)/b9-7-/t30-,31-,32-,36+,37-,40-,48-/m1/s1. The number of alkyl carbamates (subject to hydrolysis) is 1. The van der Waals surface area contributed by atoms with Crippen molar-refractivity contribution in [1.29, 1.82) is 0 Å². The number of fused-ring (bicyclic) bond motifs is 5. The topological polar surface area (TPSA) is 203 Å². The zero-order valence-electron chi connectivity index (χ0n) is 38.1. The minimum absolute atomic E-state index is 0.0146. The van der Waals surface area contributed by atoms with Gasteiger partial charge in [0.05, 0.1) is 29.0 Å². The van der Waals surface area contributed by atoms with Crippen molar-refractivity contribution in [1.82, 2.24) is 30.1 Å². The zero-order chi connectivity index (χ0) is 46.3. The maximum Gasteiger partial charge on any atom is 0.408 e. The number of sulfonamides is 1. The Hall–Kier alpha value is -5.19. The lowest BCUT2D eigenvalue weighted by molar-refractivity contribution is -0.143. The SMILES string of the molecule is C=C[C@@H]1C[C@]1(NC(=O)[C@@H]1C[C@@H]2CN1C(=O)[C@H](C(C)(C)C)NC(=O)O[C@@H]1CCC[C@H]1CC/C=C\Cc1c(nc3ccccc3c1OCCCN1CCCC1=O)O2)C(=O)NS(=O)(=O)C1(C)CC1. The third-order valence-electron chi connectivity index (χ3n) is 14.3. The monoisotopic (exact) mass is 916 g/mol. The third kappa shape index (κ3) is 9.71. The molecule has 16 nitrogen and oxygen atoms in total. The number of benzene rings is 1. The molecule has 0 unspecified atom stereocenters. The molecule has 1 aromatic heterocycles.